The zero-order valence-electron chi connectivity index (χ0n) is 10.2. The molecule has 2 heterocycles. The molecule has 98 valence electrons. The predicted octanol–water partition coefficient (Wildman–Crippen LogP) is 1.28. The molecular formula is C11H14ClN3O3. The molecule has 2 rings (SSSR count). The zero-order chi connectivity index (χ0) is 13.1. The third-order valence-corrected chi connectivity index (χ3v) is 3.15. The standard InChI is InChI=1S/C11H14ClN3O3/c1-17-10(16)8-4-3-5-15(8)9-7(12)6-13-11(14-9)18-2/h6,8H,3-5H2,1-2H3. The van der Waals surface area contributed by atoms with Gasteiger partial charge in [0.2, 0.25) is 0 Å². The van der Waals surface area contributed by atoms with Crippen molar-refractivity contribution in [2.24, 2.45) is 0 Å². The zero-order valence-corrected chi connectivity index (χ0v) is 11.0. The lowest BCUT2D eigenvalue weighted by Crippen LogP contribution is -2.37. The number of carbonyl (C=O) groups excluding carboxylic acids is 1. The molecule has 0 spiro atoms. The number of esters is 1. The van der Waals surface area contributed by atoms with Gasteiger partial charge >= 0.3 is 12.0 Å². The van der Waals surface area contributed by atoms with E-state index in [4.69, 9.17) is 21.1 Å². The lowest BCUT2D eigenvalue weighted by Gasteiger charge is -2.24. The molecule has 7 heteroatoms. The summed E-state index contributed by atoms with van der Waals surface area (Å²) in [6.45, 7) is 0.708. The highest BCUT2D eigenvalue weighted by Crippen LogP contribution is 2.31. The Balaban J connectivity index is 2.32. The van der Waals surface area contributed by atoms with Crippen molar-refractivity contribution in [3.63, 3.8) is 0 Å². The Kier molecular flexibility index (Phi) is 3.86. The SMILES string of the molecule is COC(=O)C1CCCN1c1nc(OC)ncc1Cl. The second-order valence-corrected chi connectivity index (χ2v) is 4.31. The van der Waals surface area contributed by atoms with E-state index >= 15 is 0 Å². The molecule has 1 aromatic heterocycles. The molecule has 1 unspecified atom stereocenters. The summed E-state index contributed by atoms with van der Waals surface area (Å²) in [6, 6.07) is -0.114. The quantitative estimate of drug-likeness (QED) is 0.772. The minimum atomic E-state index is -0.341. The Hall–Kier alpha value is -1.56. The Labute approximate surface area is 110 Å². The van der Waals surface area contributed by atoms with E-state index in [0.29, 0.717) is 17.4 Å². The van der Waals surface area contributed by atoms with E-state index in [1.54, 1.807) is 0 Å². The first kappa shape index (κ1) is 12.9. The normalized spacial score (nSPS) is 18.8. The number of ether oxygens (including phenoxy) is 2. The maximum absolute atomic E-state index is 11.7. The Morgan fingerprint density at radius 3 is 3.00 bits per heavy atom. The fourth-order valence-corrected chi connectivity index (χ4v) is 2.24. The Morgan fingerprint density at radius 2 is 2.33 bits per heavy atom. The molecule has 0 N–H and O–H groups in total. The van der Waals surface area contributed by atoms with Crippen LogP contribution in [-0.4, -0.2) is 42.7 Å². The van der Waals surface area contributed by atoms with Gasteiger partial charge in [0.1, 0.15) is 11.1 Å². The molecule has 18 heavy (non-hydrogen) atoms. The van der Waals surface area contributed by atoms with Crippen LogP contribution in [0.2, 0.25) is 5.02 Å². The van der Waals surface area contributed by atoms with Crippen molar-refractivity contribution in [2.45, 2.75) is 18.9 Å². The highest BCUT2D eigenvalue weighted by Gasteiger charge is 2.33. The third-order valence-electron chi connectivity index (χ3n) is 2.88. The van der Waals surface area contributed by atoms with Crippen molar-refractivity contribution in [1.82, 2.24) is 9.97 Å². The van der Waals surface area contributed by atoms with E-state index in [9.17, 15) is 4.79 Å². The van der Waals surface area contributed by atoms with E-state index in [2.05, 4.69) is 9.97 Å². The van der Waals surface area contributed by atoms with Gasteiger partial charge in [0.15, 0.2) is 5.82 Å². The molecule has 1 fully saturated rings. The molecule has 1 saturated heterocycles. The van der Waals surface area contributed by atoms with Gasteiger partial charge in [0.25, 0.3) is 0 Å². The van der Waals surface area contributed by atoms with E-state index < -0.39 is 0 Å². The number of nitrogens with zero attached hydrogens (tertiary/aromatic N) is 3. The maximum atomic E-state index is 11.7. The molecule has 0 bridgehead atoms. The summed E-state index contributed by atoms with van der Waals surface area (Å²) in [5, 5.41) is 0.395. The molecule has 0 radical (unpaired) electrons. The van der Waals surface area contributed by atoms with Crippen molar-refractivity contribution >= 4 is 23.4 Å². The highest BCUT2D eigenvalue weighted by atomic mass is 35.5. The largest absolute Gasteiger partial charge is 0.467 e. The Bertz CT molecular complexity index is 455. The summed E-state index contributed by atoms with van der Waals surface area (Å²) in [6.07, 6.45) is 3.09. The van der Waals surface area contributed by atoms with Gasteiger partial charge in [0, 0.05) is 6.54 Å². The van der Waals surface area contributed by atoms with Crippen molar-refractivity contribution in [3.8, 4) is 6.01 Å². The van der Waals surface area contributed by atoms with Crippen LogP contribution >= 0.6 is 11.6 Å². The van der Waals surface area contributed by atoms with E-state index in [0.717, 1.165) is 12.8 Å². The molecule has 0 aliphatic carbocycles. The molecule has 6 nitrogen and oxygen atoms in total. The molecule has 1 aliphatic rings. The first-order valence-electron chi connectivity index (χ1n) is 5.58. The topological polar surface area (TPSA) is 64.5 Å². The monoisotopic (exact) mass is 271 g/mol. The molecule has 0 aromatic carbocycles. The number of halogens is 1. The lowest BCUT2D eigenvalue weighted by molar-refractivity contribution is -0.141. The molecule has 0 amide bonds. The van der Waals surface area contributed by atoms with Crippen LogP contribution in [0.15, 0.2) is 6.20 Å². The van der Waals surface area contributed by atoms with Crippen LogP contribution in [0.1, 0.15) is 12.8 Å². The minimum absolute atomic E-state index is 0.227. The number of carbonyl (C=O) groups is 1. The van der Waals surface area contributed by atoms with Crippen molar-refractivity contribution < 1.29 is 14.3 Å². The predicted molar refractivity (Wildman–Crippen MR) is 66.0 cm³/mol. The second-order valence-electron chi connectivity index (χ2n) is 3.90. The number of hydrogen-bond donors (Lipinski definition) is 0. The van der Waals surface area contributed by atoms with Crippen LogP contribution < -0.4 is 9.64 Å². The third kappa shape index (κ3) is 2.33. The first-order chi connectivity index (χ1) is 8.67. The van der Waals surface area contributed by atoms with Crippen LogP contribution in [0, 0.1) is 0 Å². The number of anilines is 1. The van der Waals surface area contributed by atoms with Gasteiger partial charge in [-0.2, -0.15) is 4.98 Å². The number of rotatable bonds is 3. The molecule has 1 aliphatic heterocycles. The number of methoxy groups -OCH3 is 2. The smallest absolute Gasteiger partial charge is 0.328 e. The summed E-state index contributed by atoms with van der Waals surface area (Å²) in [5.41, 5.74) is 0. The van der Waals surface area contributed by atoms with Gasteiger partial charge in [0.05, 0.1) is 20.4 Å². The fourth-order valence-electron chi connectivity index (χ4n) is 2.04. The minimum Gasteiger partial charge on any atom is -0.467 e. The van der Waals surface area contributed by atoms with E-state index in [1.165, 1.54) is 20.4 Å². The molecular weight excluding hydrogens is 258 g/mol. The van der Waals surface area contributed by atoms with Crippen molar-refractivity contribution in [1.29, 1.82) is 0 Å². The average molecular weight is 272 g/mol. The molecule has 1 atom stereocenters. The summed E-state index contributed by atoms with van der Waals surface area (Å²) >= 11 is 6.07. The first-order valence-corrected chi connectivity index (χ1v) is 5.96. The molecule has 1 aromatic rings. The van der Waals surface area contributed by atoms with Crippen LogP contribution in [-0.2, 0) is 9.53 Å². The van der Waals surface area contributed by atoms with Crippen LogP contribution in [0.5, 0.6) is 6.01 Å². The number of hydrogen-bond acceptors (Lipinski definition) is 6. The highest BCUT2D eigenvalue weighted by molar-refractivity contribution is 6.32. The number of aromatic nitrogens is 2. The second kappa shape index (κ2) is 5.39. The van der Waals surface area contributed by atoms with E-state index in [-0.39, 0.29) is 18.0 Å². The van der Waals surface area contributed by atoms with Gasteiger partial charge < -0.3 is 14.4 Å². The summed E-state index contributed by atoms with van der Waals surface area (Å²) in [5.74, 6) is 0.234. The fraction of sp³-hybridized carbons (Fsp3) is 0.545. The average Bonchev–Trinajstić information content (AvgIpc) is 2.87. The van der Waals surface area contributed by atoms with Crippen molar-refractivity contribution in [3.05, 3.63) is 11.2 Å². The van der Waals surface area contributed by atoms with Crippen LogP contribution in [0.3, 0.4) is 0 Å². The summed E-state index contributed by atoms with van der Waals surface area (Å²) < 4.78 is 9.75. The maximum Gasteiger partial charge on any atom is 0.328 e. The van der Waals surface area contributed by atoms with Crippen LogP contribution in [0.4, 0.5) is 5.82 Å². The van der Waals surface area contributed by atoms with Gasteiger partial charge in [-0.3, -0.25) is 0 Å². The Morgan fingerprint density at radius 1 is 1.56 bits per heavy atom. The van der Waals surface area contributed by atoms with Gasteiger partial charge in [-0.05, 0) is 12.8 Å². The van der Waals surface area contributed by atoms with Gasteiger partial charge in [-0.15, -0.1) is 0 Å². The van der Waals surface area contributed by atoms with Gasteiger partial charge in [-0.25, -0.2) is 9.78 Å². The van der Waals surface area contributed by atoms with Crippen molar-refractivity contribution in [2.75, 3.05) is 25.7 Å². The molecule has 0 saturated carbocycles. The van der Waals surface area contributed by atoms with Crippen LogP contribution in [0.25, 0.3) is 0 Å². The summed E-state index contributed by atoms with van der Waals surface area (Å²) in [7, 11) is 2.86. The summed E-state index contributed by atoms with van der Waals surface area (Å²) in [4.78, 5) is 21.6. The van der Waals surface area contributed by atoms with Gasteiger partial charge in [-0.1, -0.05) is 11.6 Å². The van der Waals surface area contributed by atoms with E-state index in [1.807, 2.05) is 4.90 Å². The lowest BCUT2D eigenvalue weighted by atomic mass is 10.2.